The van der Waals surface area contributed by atoms with Crippen LogP contribution in [0.4, 0.5) is 5.69 Å². The lowest BCUT2D eigenvalue weighted by Gasteiger charge is -2.02. The molecule has 0 saturated heterocycles. The maximum absolute atomic E-state index is 5.67. The van der Waals surface area contributed by atoms with Gasteiger partial charge in [0, 0.05) is 5.69 Å². The molecular formula is C20H19N. The van der Waals surface area contributed by atoms with Crippen LogP contribution >= 0.6 is 0 Å². The largest absolute Gasteiger partial charge is 0.399 e. The van der Waals surface area contributed by atoms with Gasteiger partial charge in [0.1, 0.15) is 0 Å². The number of hydrogen-bond donors (Lipinski definition) is 1. The molecule has 21 heavy (non-hydrogen) atoms. The first kappa shape index (κ1) is 14.6. The first-order valence-electron chi connectivity index (χ1n) is 6.76. The van der Waals surface area contributed by atoms with E-state index >= 15 is 0 Å². The lowest BCUT2D eigenvalue weighted by atomic mass is 10.0. The smallest absolute Gasteiger partial charge is 0.0314 e. The summed E-state index contributed by atoms with van der Waals surface area (Å²) in [4.78, 5) is 0. The number of nitrogens with two attached hydrogens (primary N) is 1. The maximum atomic E-state index is 5.67. The Morgan fingerprint density at radius 2 is 1.52 bits per heavy atom. The molecule has 0 spiro atoms. The van der Waals surface area contributed by atoms with Crippen LogP contribution in [0.15, 0.2) is 55.6 Å². The van der Waals surface area contributed by atoms with Gasteiger partial charge in [-0.2, -0.15) is 0 Å². The molecule has 0 bridgehead atoms. The highest BCUT2D eigenvalue weighted by molar-refractivity contribution is 5.68. The summed E-state index contributed by atoms with van der Waals surface area (Å²) in [7, 11) is 0. The normalized spacial score (nSPS) is 11.7. The molecule has 0 aliphatic rings. The van der Waals surface area contributed by atoms with Gasteiger partial charge < -0.3 is 5.73 Å². The minimum absolute atomic E-state index is 0.770. The van der Waals surface area contributed by atoms with Crippen molar-refractivity contribution in [1.29, 1.82) is 0 Å². The van der Waals surface area contributed by atoms with Crippen LogP contribution in [0.2, 0.25) is 0 Å². The van der Waals surface area contributed by atoms with Crippen LogP contribution in [0.5, 0.6) is 0 Å². The minimum Gasteiger partial charge on any atom is -0.399 e. The molecule has 2 aromatic carbocycles. The number of rotatable bonds is 4. The number of nitrogen functional groups attached to an aromatic ring is 1. The fourth-order valence-corrected chi connectivity index (χ4v) is 2.18. The highest BCUT2D eigenvalue weighted by Crippen LogP contribution is 2.07. The molecule has 0 aliphatic heterocycles. The Kier molecular flexibility index (Phi) is 4.57. The number of anilines is 1. The molecule has 0 unspecified atom stereocenters. The second kappa shape index (κ2) is 6.58. The summed E-state index contributed by atoms with van der Waals surface area (Å²) in [5, 5.41) is 2.05. The van der Waals surface area contributed by atoms with Gasteiger partial charge in [-0.05, 0) is 39.3 Å². The summed E-state index contributed by atoms with van der Waals surface area (Å²) >= 11 is 0. The van der Waals surface area contributed by atoms with Crippen LogP contribution in [-0.2, 0) is 0 Å². The predicted molar refractivity (Wildman–Crippen MR) is 95.7 cm³/mol. The van der Waals surface area contributed by atoms with E-state index in [1.54, 1.807) is 0 Å². The Hall–Kier alpha value is -2.80. The van der Waals surface area contributed by atoms with Gasteiger partial charge in [0.25, 0.3) is 0 Å². The van der Waals surface area contributed by atoms with Crippen LogP contribution < -0.4 is 16.2 Å². The maximum Gasteiger partial charge on any atom is 0.0314 e. The number of benzene rings is 2. The van der Waals surface area contributed by atoms with Crippen molar-refractivity contribution in [2.24, 2.45) is 0 Å². The van der Waals surface area contributed by atoms with E-state index in [1.165, 1.54) is 0 Å². The van der Waals surface area contributed by atoms with Crippen LogP contribution in [0.3, 0.4) is 0 Å². The van der Waals surface area contributed by atoms with Gasteiger partial charge in [-0.25, -0.2) is 0 Å². The van der Waals surface area contributed by atoms with Crippen molar-refractivity contribution in [2.45, 2.75) is 0 Å². The van der Waals surface area contributed by atoms with E-state index in [9.17, 15) is 0 Å². The Balaban J connectivity index is 2.42. The average Bonchev–Trinajstić information content (AvgIpc) is 2.50. The Morgan fingerprint density at radius 3 is 2.14 bits per heavy atom. The van der Waals surface area contributed by atoms with E-state index in [4.69, 9.17) is 5.73 Å². The Bertz CT molecular complexity index is 793. The van der Waals surface area contributed by atoms with E-state index in [-0.39, 0.29) is 0 Å². The third-order valence-corrected chi connectivity index (χ3v) is 3.32. The number of allylic oxidation sites excluding steroid dienone is 1. The molecule has 1 nitrogen and oxygen atoms in total. The van der Waals surface area contributed by atoms with Gasteiger partial charge in [-0.1, -0.05) is 74.4 Å². The minimum atomic E-state index is 0.770. The first-order chi connectivity index (χ1) is 10.2. The second-order valence-corrected chi connectivity index (χ2v) is 4.74. The van der Waals surface area contributed by atoms with Crippen molar-refractivity contribution >= 4 is 36.6 Å². The summed E-state index contributed by atoms with van der Waals surface area (Å²) in [6.45, 7) is 11.7. The molecule has 0 aromatic heterocycles. The van der Waals surface area contributed by atoms with Crippen molar-refractivity contribution < 1.29 is 0 Å². The lowest BCUT2D eigenvalue weighted by molar-refractivity contribution is 1.49. The molecule has 0 aliphatic carbocycles. The van der Waals surface area contributed by atoms with Crippen LogP contribution in [0, 0.1) is 0 Å². The van der Waals surface area contributed by atoms with Crippen LogP contribution in [-0.4, -0.2) is 0 Å². The summed E-state index contributed by atoms with van der Waals surface area (Å²) in [5.74, 6) is 0. The quantitative estimate of drug-likeness (QED) is 0.848. The second-order valence-electron chi connectivity index (χ2n) is 4.74. The van der Waals surface area contributed by atoms with Gasteiger partial charge in [0.15, 0.2) is 0 Å². The van der Waals surface area contributed by atoms with Crippen molar-refractivity contribution in [1.82, 2.24) is 0 Å². The van der Waals surface area contributed by atoms with E-state index in [1.807, 2.05) is 60.7 Å². The third kappa shape index (κ3) is 3.40. The van der Waals surface area contributed by atoms with Gasteiger partial charge >= 0.3 is 0 Å². The highest BCUT2D eigenvalue weighted by atomic mass is 14.5. The topological polar surface area (TPSA) is 26.0 Å². The molecule has 0 atom stereocenters. The monoisotopic (exact) mass is 273 g/mol. The van der Waals surface area contributed by atoms with Crippen LogP contribution in [0.25, 0.3) is 30.9 Å². The van der Waals surface area contributed by atoms with Crippen molar-refractivity contribution in [3.63, 3.8) is 0 Å². The Labute approximate surface area is 125 Å². The summed E-state index contributed by atoms with van der Waals surface area (Å²) < 4.78 is 0. The highest BCUT2D eigenvalue weighted by Gasteiger charge is 1.97. The molecule has 0 heterocycles. The van der Waals surface area contributed by atoms with Crippen molar-refractivity contribution in [2.75, 3.05) is 5.73 Å². The van der Waals surface area contributed by atoms with E-state index in [0.717, 1.165) is 32.8 Å². The van der Waals surface area contributed by atoms with Gasteiger partial charge in [0.05, 0.1) is 0 Å². The molecule has 2 rings (SSSR count). The summed E-state index contributed by atoms with van der Waals surface area (Å²) in [6.07, 6.45) is 9.77. The van der Waals surface area contributed by atoms with Gasteiger partial charge in [-0.15, -0.1) is 0 Å². The van der Waals surface area contributed by atoms with Crippen molar-refractivity contribution in [3.05, 3.63) is 82.8 Å². The zero-order valence-electron chi connectivity index (χ0n) is 12.0. The fourth-order valence-electron chi connectivity index (χ4n) is 2.18. The van der Waals surface area contributed by atoms with E-state index in [0.29, 0.717) is 0 Å². The molecule has 104 valence electrons. The SMILES string of the molecule is C=Cc1c(C=C)c(=CC=Cc2ccc(N)cc2)ccc1=C. The Morgan fingerprint density at radius 1 is 0.857 bits per heavy atom. The molecule has 0 saturated carbocycles. The average molecular weight is 273 g/mol. The fraction of sp³-hybridized carbons (Fsp3) is 0. The van der Waals surface area contributed by atoms with Gasteiger partial charge in [-0.3, -0.25) is 0 Å². The van der Waals surface area contributed by atoms with E-state index in [2.05, 4.69) is 25.8 Å². The molecule has 0 radical (unpaired) electrons. The first-order valence-corrected chi connectivity index (χ1v) is 6.76. The molecule has 2 aromatic rings. The summed E-state index contributed by atoms with van der Waals surface area (Å²) in [6, 6.07) is 11.8. The molecule has 0 fully saturated rings. The molecule has 2 N–H and O–H groups in total. The third-order valence-electron chi connectivity index (χ3n) is 3.32. The molecule has 1 heteroatoms. The van der Waals surface area contributed by atoms with Crippen molar-refractivity contribution in [3.8, 4) is 0 Å². The zero-order chi connectivity index (χ0) is 15.2. The standard InChI is InChI=1S/C20H19N/c1-4-19-15(3)9-12-17(20(19)5-2)8-6-7-16-10-13-18(21)14-11-16/h4-14H,1-3,21H2. The van der Waals surface area contributed by atoms with Gasteiger partial charge in [0.2, 0.25) is 0 Å². The summed E-state index contributed by atoms with van der Waals surface area (Å²) in [5.41, 5.74) is 9.63. The number of hydrogen-bond acceptors (Lipinski definition) is 1. The predicted octanol–water partition coefficient (Wildman–Crippen LogP) is 3.46. The molecular weight excluding hydrogens is 254 g/mol. The van der Waals surface area contributed by atoms with E-state index < -0.39 is 0 Å². The zero-order valence-corrected chi connectivity index (χ0v) is 12.0. The lowest BCUT2D eigenvalue weighted by Crippen LogP contribution is -2.15. The molecule has 0 amide bonds. The van der Waals surface area contributed by atoms with Crippen LogP contribution in [0.1, 0.15) is 16.7 Å².